The summed E-state index contributed by atoms with van der Waals surface area (Å²) in [6, 6.07) is 1.17. The number of thiazole rings is 1. The normalized spacial score (nSPS) is 10.6. The Morgan fingerprint density at radius 3 is 2.95 bits per heavy atom. The van der Waals surface area contributed by atoms with Gasteiger partial charge in [-0.1, -0.05) is 6.92 Å². The molecule has 0 aliphatic rings. The maximum Gasteiger partial charge on any atom is 0.253 e. The van der Waals surface area contributed by atoms with Crippen molar-refractivity contribution in [2.24, 2.45) is 0 Å². The molecule has 106 valence electrons. The van der Waals surface area contributed by atoms with Crippen molar-refractivity contribution >= 4 is 17.2 Å². The smallest absolute Gasteiger partial charge is 0.253 e. The van der Waals surface area contributed by atoms with Gasteiger partial charge in [0, 0.05) is 11.1 Å². The fourth-order valence-corrected chi connectivity index (χ4v) is 2.88. The molecule has 4 nitrogen and oxygen atoms in total. The molecule has 0 fully saturated rings. The zero-order chi connectivity index (χ0) is 14.5. The number of aryl methyl sites for hydroxylation is 2. The summed E-state index contributed by atoms with van der Waals surface area (Å²) in [5, 5.41) is 3.85. The monoisotopic (exact) mass is 293 g/mol. The van der Waals surface area contributed by atoms with Crippen LogP contribution in [0.4, 0.5) is 4.39 Å². The summed E-state index contributed by atoms with van der Waals surface area (Å²) in [6.45, 7) is 4.44. The maximum absolute atomic E-state index is 13.0. The third-order valence-electron chi connectivity index (χ3n) is 2.78. The lowest BCUT2D eigenvalue weighted by Gasteiger charge is -2.03. The molecule has 1 N–H and O–H groups in total. The maximum atomic E-state index is 13.0. The summed E-state index contributed by atoms with van der Waals surface area (Å²) >= 11 is 1.61. The molecule has 0 saturated carbocycles. The van der Waals surface area contributed by atoms with Gasteiger partial charge in [-0.3, -0.25) is 9.78 Å². The molecule has 0 radical (unpaired) electrons. The van der Waals surface area contributed by atoms with Gasteiger partial charge in [-0.05, 0) is 25.8 Å². The Bertz CT molecular complexity index is 612. The van der Waals surface area contributed by atoms with Gasteiger partial charge in [-0.15, -0.1) is 11.3 Å². The summed E-state index contributed by atoms with van der Waals surface area (Å²) in [6.07, 6.45) is 4.42. The molecule has 0 aliphatic heterocycles. The number of nitrogens with zero attached hydrogens (tertiary/aromatic N) is 2. The van der Waals surface area contributed by atoms with Crippen molar-refractivity contribution in [1.29, 1.82) is 0 Å². The van der Waals surface area contributed by atoms with E-state index < -0.39 is 5.82 Å². The molecule has 0 bridgehead atoms. The van der Waals surface area contributed by atoms with Gasteiger partial charge < -0.3 is 5.32 Å². The van der Waals surface area contributed by atoms with E-state index in [0.29, 0.717) is 6.54 Å². The average Bonchev–Trinajstić information content (AvgIpc) is 2.77. The molecule has 0 aromatic carbocycles. The van der Waals surface area contributed by atoms with Crippen molar-refractivity contribution in [3.8, 4) is 0 Å². The molecule has 0 saturated heterocycles. The Morgan fingerprint density at radius 1 is 1.45 bits per heavy atom. The zero-order valence-corrected chi connectivity index (χ0v) is 12.3. The Labute approximate surface area is 121 Å². The van der Waals surface area contributed by atoms with Crippen molar-refractivity contribution < 1.29 is 9.18 Å². The van der Waals surface area contributed by atoms with Crippen molar-refractivity contribution in [2.45, 2.75) is 33.2 Å². The molecule has 0 aliphatic carbocycles. The van der Waals surface area contributed by atoms with E-state index in [1.165, 1.54) is 12.3 Å². The highest BCUT2D eigenvalue weighted by molar-refractivity contribution is 7.11. The molecule has 0 atom stereocenters. The highest BCUT2D eigenvalue weighted by atomic mass is 32.1. The van der Waals surface area contributed by atoms with Crippen molar-refractivity contribution in [2.75, 3.05) is 0 Å². The number of rotatable bonds is 5. The number of nitrogens with one attached hydrogen (secondary N) is 1. The zero-order valence-electron chi connectivity index (χ0n) is 11.4. The van der Waals surface area contributed by atoms with Crippen LogP contribution in [0.15, 0.2) is 18.5 Å². The summed E-state index contributed by atoms with van der Waals surface area (Å²) in [5.41, 5.74) is 1.16. The van der Waals surface area contributed by atoms with E-state index >= 15 is 0 Å². The Balaban J connectivity index is 2.00. The van der Waals surface area contributed by atoms with Crippen LogP contribution in [-0.2, 0) is 13.0 Å². The second-order valence-corrected chi connectivity index (χ2v) is 5.61. The van der Waals surface area contributed by atoms with E-state index in [-0.39, 0.29) is 11.5 Å². The summed E-state index contributed by atoms with van der Waals surface area (Å²) in [5.74, 6) is -0.848. The second kappa shape index (κ2) is 6.56. The molecule has 6 heteroatoms. The third kappa shape index (κ3) is 3.60. The fourth-order valence-electron chi connectivity index (χ4n) is 1.77. The van der Waals surface area contributed by atoms with Gasteiger partial charge in [0.25, 0.3) is 5.91 Å². The van der Waals surface area contributed by atoms with E-state index in [4.69, 9.17) is 0 Å². The fraction of sp³-hybridized carbons (Fsp3) is 0.357. The van der Waals surface area contributed by atoms with E-state index in [1.807, 2.05) is 6.92 Å². The summed E-state index contributed by atoms with van der Waals surface area (Å²) in [4.78, 5) is 21.0. The van der Waals surface area contributed by atoms with Gasteiger partial charge >= 0.3 is 0 Å². The first-order valence-corrected chi connectivity index (χ1v) is 7.25. The summed E-state index contributed by atoms with van der Waals surface area (Å²) < 4.78 is 13.0. The van der Waals surface area contributed by atoms with E-state index in [2.05, 4.69) is 22.2 Å². The SMILES string of the molecule is CCCc1nc(C)c(CNC(=O)c2cncc(F)c2)s1. The molecule has 2 aromatic heterocycles. The Kier molecular flexibility index (Phi) is 4.79. The largest absolute Gasteiger partial charge is 0.347 e. The van der Waals surface area contributed by atoms with Crippen LogP contribution in [0.3, 0.4) is 0 Å². The van der Waals surface area contributed by atoms with Gasteiger partial charge in [0.2, 0.25) is 0 Å². The van der Waals surface area contributed by atoms with E-state index in [1.54, 1.807) is 11.3 Å². The van der Waals surface area contributed by atoms with Crippen LogP contribution in [0.1, 0.15) is 39.3 Å². The molecule has 2 rings (SSSR count). The molecule has 2 heterocycles. The topological polar surface area (TPSA) is 54.9 Å². The summed E-state index contributed by atoms with van der Waals surface area (Å²) in [7, 11) is 0. The molecular formula is C14H16FN3OS. The van der Waals surface area contributed by atoms with Crippen LogP contribution in [0.25, 0.3) is 0 Å². The molecule has 0 unspecified atom stereocenters. The number of pyridine rings is 1. The van der Waals surface area contributed by atoms with Crippen molar-refractivity contribution in [3.63, 3.8) is 0 Å². The molecule has 1 amide bonds. The van der Waals surface area contributed by atoms with E-state index in [0.717, 1.165) is 34.6 Å². The lowest BCUT2D eigenvalue weighted by Crippen LogP contribution is -2.22. The minimum absolute atomic E-state index is 0.223. The van der Waals surface area contributed by atoms with Crippen LogP contribution in [0.5, 0.6) is 0 Å². The number of carbonyl (C=O) groups excluding carboxylic acids is 1. The first kappa shape index (κ1) is 14.6. The lowest BCUT2D eigenvalue weighted by atomic mass is 10.2. The predicted molar refractivity (Wildman–Crippen MR) is 76.2 cm³/mol. The first-order chi connectivity index (χ1) is 9.60. The van der Waals surface area contributed by atoms with Gasteiger partial charge in [0.05, 0.1) is 29.0 Å². The lowest BCUT2D eigenvalue weighted by molar-refractivity contribution is 0.0950. The van der Waals surface area contributed by atoms with Crippen molar-refractivity contribution in [1.82, 2.24) is 15.3 Å². The highest BCUT2D eigenvalue weighted by Gasteiger charge is 2.10. The number of hydrogen-bond donors (Lipinski definition) is 1. The number of hydrogen-bond acceptors (Lipinski definition) is 4. The van der Waals surface area contributed by atoms with E-state index in [9.17, 15) is 9.18 Å². The van der Waals surface area contributed by atoms with Gasteiger partial charge in [0.1, 0.15) is 5.82 Å². The highest BCUT2D eigenvalue weighted by Crippen LogP contribution is 2.19. The van der Waals surface area contributed by atoms with Gasteiger partial charge in [0.15, 0.2) is 0 Å². The van der Waals surface area contributed by atoms with Crippen molar-refractivity contribution in [3.05, 3.63) is 45.4 Å². The molecule has 20 heavy (non-hydrogen) atoms. The van der Waals surface area contributed by atoms with Crippen LogP contribution in [0, 0.1) is 12.7 Å². The first-order valence-electron chi connectivity index (χ1n) is 6.44. The van der Waals surface area contributed by atoms with Gasteiger partial charge in [-0.2, -0.15) is 0 Å². The van der Waals surface area contributed by atoms with Gasteiger partial charge in [-0.25, -0.2) is 9.37 Å². The standard InChI is InChI=1S/C14H16FN3OS/c1-3-4-13-18-9(2)12(20-13)8-17-14(19)10-5-11(15)7-16-6-10/h5-7H,3-4,8H2,1-2H3,(H,17,19). The molecule has 0 spiro atoms. The number of carbonyl (C=O) groups is 1. The number of amides is 1. The molecular weight excluding hydrogens is 277 g/mol. The van der Waals surface area contributed by atoms with Crippen LogP contribution in [0.2, 0.25) is 0 Å². The third-order valence-corrected chi connectivity index (χ3v) is 3.99. The minimum atomic E-state index is -0.517. The number of halogens is 1. The minimum Gasteiger partial charge on any atom is -0.347 e. The second-order valence-electron chi connectivity index (χ2n) is 4.44. The quantitative estimate of drug-likeness (QED) is 0.922. The van der Waals surface area contributed by atoms with Crippen LogP contribution in [-0.4, -0.2) is 15.9 Å². The molecule has 2 aromatic rings. The Morgan fingerprint density at radius 2 is 2.25 bits per heavy atom. The Hall–Kier alpha value is -1.82. The predicted octanol–water partition coefficient (Wildman–Crippen LogP) is 2.87. The average molecular weight is 293 g/mol. The van der Waals surface area contributed by atoms with Crippen LogP contribution < -0.4 is 5.32 Å². The van der Waals surface area contributed by atoms with Crippen LogP contribution >= 0.6 is 11.3 Å². The number of aromatic nitrogens is 2.